The molecule has 0 aromatic heterocycles. The third-order valence-corrected chi connectivity index (χ3v) is 9.45. The van der Waals surface area contributed by atoms with Crippen molar-refractivity contribution in [1.82, 2.24) is 0 Å². The van der Waals surface area contributed by atoms with Crippen LogP contribution in [0.5, 0.6) is 11.5 Å². The SMILES string of the molecule is COCCOCCOCCOCCOCCOCCOCC(=O)Oc1cc(C(F)(F)C(=O)OCCCCO[N+](=O)[O-])cc(O)c1[C@@H]1CC(=O)[C@@H]2C[C@@H]1C2(C)C. The maximum atomic E-state index is 15.4. The standard InChI is InChI=1S/C36H53F2NO16/c1-35(2)27-23-28(35)29(40)22-26(27)33-30(41)20-25(36(37,38)34(43)53-6-4-5-7-54-39(44)45)21-31(33)55-32(42)24-52-19-18-51-17-16-50-15-14-49-13-12-48-11-10-47-9-8-46-3/h20-21,26-28,41H,4-19,22-24H2,1-3H3/t26-,27+,28+/m1/s1. The zero-order chi connectivity index (χ0) is 40.3. The van der Waals surface area contributed by atoms with Gasteiger partial charge in [-0.1, -0.05) is 13.8 Å². The topological polar surface area (TPSA) is 207 Å². The third-order valence-electron chi connectivity index (χ3n) is 9.45. The number of carbonyl (C=O) groups is 3. The maximum absolute atomic E-state index is 15.4. The fourth-order valence-corrected chi connectivity index (χ4v) is 6.51. The van der Waals surface area contributed by atoms with Gasteiger partial charge in [-0.25, -0.2) is 9.59 Å². The fourth-order valence-electron chi connectivity index (χ4n) is 6.51. The van der Waals surface area contributed by atoms with Crippen molar-refractivity contribution in [2.24, 2.45) is 17.3 Å². The van der Waals surface area contributed by atoms with E-state index in [1.54, 1.807) is 7.11 Å². The Labute approximate surface area is 318 Å². The summed E-state index contributed by atoms with van der Waals surface area (Å²) in [6.07, 6.45) is 0.624. The number of alkyl halides is 2. The van der Waals surface area contributed by atoms with E-state index < -0.39 is 64.6 Å². The first-order chi connectivity index (χ1) is 26.3. The largest absolute Gasteiger partial charge is 0.508 e. The molecule has 0 spiro atoms. The quantitative estimate of drug-likeness (QED) is 0.0390. The van der Waals surface area contributed by atoms with Gasteiger partial charge in [0.05, 0.1) is 92.5 Å². The van der Waals surface area contributed by atoms with Gasteiger partial charge in [-0.3, -0.25) is 4.79 Å². The van der Waals surface area contributed by atoms with Crippen molar-refractivity contribution in [3.05, 3.63) is 33.4 Å². The lowest BCUT2D eigenvalue weighted by molar-refractivity contribution is -0.757. The first-order valence-electron chi connectivity index (χ1n) is 18.2. The number of benzene rings is 1. The molecule has 1 N–H and O–H groups in total. The van der Waals surface area contributed by atoms with Crippen molar-refractivity contribution >= 4 is 17.7 Å². The number of nitrogens with zero attached hydrogens (tertiary/aromatic N) is 1. The maximum Gasteiger partial charge on any atom is 0.381 e. The van der Waals surface area contributed by atoms with Crippen LogP contribution < -0.4 is 4.74 Å². The van der Waals surface area contributed by atoms with E-state index in [2.05, 4.69) is 9.57 Å². The number of halogens is 2. The minimum atomic E-state index is -4.28. The molecule has 0 amide bonds. The van der Waals surface area contributed by atoms with E-state index in [-0.39, 0.29) is 68.9 Å². The molecule has 3 saturated carbocycles. The molecule has 3 atom stereocenters. The highest BCUT2D eigenvalue weighted by Crippen LogP contribution is 2.64. The summed E-state index contributed by atoms with van der Waals surface area (Å²) in [6, 6.07) is 1.48. The van der Waals surface area contributed by atoms with Crippen molar-refractivity contribution in [1.29, 1.82) is 0 Å². The lowest BCUT2D eigenvalue weighted by atomic mass is 9.44. The number of Topliss-reactive ketones (excluding diaryl/α,β-unsaturated/α-hetero) is 1. The predicted molar refractivity (Wildman–Crippen MR) is 185 cm³/mol. The summed E-state index contributed by atoms with van der Waals surface area (Å²) in [5.41, 5.74) is -1.42. The molecule has 19 heteroatoms. The second kappa shape index (κ2) is 23.5. The molecular formula is C36H53F2NO16. The predicted octanol–water partition coefficient (Wildman–Crippen LogP) is 3.39. The number of phenols is 1. The average Bonchev–Trinajstić information content (AvgIpc) is 3.13. The highest BCUT2D eigenvalue weighted by molar-refractivity contribution is 5.86. The van der Waals surface area contributed by atoms with Crippen LogP contribution in [-0.2, 0) is 63.0 Å². The van der Waals surface area contributed by atoms with Crippen LogP contribution >= 0.6 is 0 Å². The molecule has 1 aromatic carbocycles. The van der Waals surface area contributed by atoms with Crippen molar-refractivity contribution in [3.8, 4) is 11.5 Å². The Morgan fingerprint density at radius 1 is 0.855 bits per heavy atom. The molecule has 2 bridgehead atoms. The van der Waals surface area contributed by atoms with Gasteiger partial charge >= 0.3 is 17.9 Å². The van der Waals surface area contributed by atoms with Crippen LogP contribution in [0.15, 0.2) is 12.1 Å². The van der Waals surface area contributed by atoms with Gasteiger partial charge in [0.2, 0.25) is 0 Å². The lowest BCUT2D eigenvalue weighted by Crippen LogP contribution is -2.56. The van der Waals surface area contributed by atoms with Crippen LogP contribution in [0.3, 0.4) is 0 Å². The summed E-state index contributed by atoms with van der Waals surface area (Å²) in [5.74, 6) is -9.25. The third kappa shape index (κ3) is 14.5. The number of unbranched alkanes of at least 4 members (excludes halogenated alkanes) is 1. The molecule has 0 heterocycles. The van der Waals surface area contributed by atoms with Crippen LogP contribution in [0.4, 0.5) is 8.78 Å². The summed E-state index contributed by atoms with van der Waals surface area (Å²) in [6.45, 7) is 6.70. The number of hydrogen-bond donors (Lipinski definition) is 1. The zero-order valence-electron chi connectivity index (χ0n) is 31.6. The number of methoxy groups -OCH3 is 1. The molecule has 3 aliphatic rings. The van der Waals surface area contributed by atoms with E-state index >= 15 is 8.78 Å². The Morgan fingerprint density at radius 3 is 1.89 bits per heavy atom. The Balaban J connectivity index is 1.45. The van der Waals surface area contributed by atoms with E-state index in [4.69, 9.17) is 37.9 Å². The van der Waals surface area contributed by atoms with Gasteiger partial charge in [-0.15, -0.1) is 10.1 Å². The van der Waals surface area contributed by atoms with Crippen LogP contribution in [0.1, 0.15) is 56.6 Å². The van der Waals surface area contributed by atoms with Gasteiger partial charge in [-0.2, -0.15) is 8.78 Å². The number of carbonyl (C=O) groups excluding carboxylic acids is 3. The summed E-state index contributed by atoms with van der Waals surface area (Å²) >= 11 is 0. The van der Waals surface area contributed by atoms with Gasteiger partial charge in [0.15, 0.2) is 0 Å². The highest BCUT2D eigenvalue weighted by Gasteiger charge is 2.59. The molecule has 17 nitrogen and oxygen atoms in total. The van der Waals surface area contributed by atoms with Gasteiger partial charge in [0.1, 0.15) is 23.9 Å². The summed E-state index contributed by atoms with van der Waals surface area (Å²) < 4.78 is 78.0. The van der Waals surface area contributed by atoms with Crippen LogP contribution in [-0.4, -0.2) is 134 Å². The number of phenolic OH excluding ortho intramolecular Hbond substituents is 1. The number of fused-ring (bicyclic) bond motifs is 2. The van der Waals surface area contributed by atoms with Gasteiger partial charge in [0.25, 0.3) is 5.09 Å². The second-order valence-corrected chi connectivity index (χ2v) is 13.5. The number of aromatic hydroxyl groups is 1. The number of esters is 2. The van der Waals surface area contributed by atoms with Crippen molar-refractivity contribution in [2.45, 2.75) is 51.4 Å². The van der Waals surface area contributed by atoms with Gasteiger partial charge < -0.3 is 52.6 Å². The van der Waals surface area contributed by atoms with Crippen LogP contribution in [0.25, 0.3) is 0 Å². The molecule has 4 rings (SSSR count). The molecule has 3 fully saturated rings. The molecule has 312 valence electrons. The van der Waals surface area contributed by atoms with E-state index in [0.29, 0.717) is 71.9 Å². The molecule has 0 radical (unpaired) electrons. The first-order valence-corrected chi connectivity index (χ1v) is 18.2. The van der Waals surface area contributed by atoms with Crippen molar-refractivity contribution < 1.29 is 80.8 Å². The van der Waals surface area contributed by atoms with Crippen LogP contribution in [0.2, 0.25) is 0 Å². The normalized spacial score (nSPS) is 18.8. The van der Waals surface area contributed by atoms with Crippen LogP contribution in [0, 0.1) is 27.4 Å². The van der Waals surface area contributed by atoms with E-state index in [1.807, 2.05) is 13.8 Å². The van der Waals surface area contributed by atoms with Gasteiger partial charge in [-0.05, 0) is 42.7 Å². The van der Waals surface area contributed by atoms with Crippen molar-refractivity contribution in [2.75, 3.05) is 106 Å². The number of rotatable bonds is 30. The molecule has 0 saturated heterocycles. The van der Waals surface area contributed by atoms with Crippen molar-refractivity contribution in [3.63, 3.8) is 0 Å². The number of hydrogen-bond acceptors (Lipinski definition) is 16. The minimum absolute atomic E-state index is 0.00930. The number of ether oxygens (including phenoxy) is 9. The van der Waals surface area contributed by atoms with E-state index in [1.165, 1.54) is 0 Å². The Bertz CT molecular complexity index is 1380. The Hall–Kier alpha value is -3.59. The molecule has 1 aromatic rings. The fraction of sp³-hybridized carbons (Fsp3) is 0.750. The molecular weight excluding hydrogens is 740 g/mol. The first kappa shape index (κ1) is 45.8. The summed E-state index contributed by atoms with van der Waals surface area (Å²) in [5, 5.41) is 20.3. The smallest absolute Gasteiger partial charge is 0.381 e. The lowest BCUT2D eigenvalue weighted by Gasteiger charge is -2.59. The van der Waals surface area contributed by atoms with E-state index in [0.717, 1.165) is 6.07 Å². The molecule has 0 aliphatic heterocycles. The highest BCUT2D eigenvalue weighted by atomic mass is 19.3. The molecule has 3 aliphatic carbocycles. The zero-order valence-corrected chi connectivity index (χ0v) is 31.6. The number of ketones is 1. The van der Waals surface area contributed by atoms with Gasteiger partial charge in [0, 0.05) is 36.5 Å². The monoisotopic (exact) mass is 793 g/mol. The Morgan fingerprint density at radius 2 is 1.38 bits per heavy atom. The summed E-state index contributed by atoms with van der Waals surface area (Å²) in [7, 11) is 1.61. The Kier molecular flexibility index (Phi) is 19.5. The van der Waals surface area contributed by atoms with E-state index in [9.17, 15) is 29.6 Å². The summed E-state index contributed by atoms with van der Waals surface area (Å²) in [4.78, 5) is 52.6. The molecule has 0 unspecified atom stereocenters. The minimum Gasteiger partial charge on any atom is -0.508 e. The second-order valence-electron chi connectivity index (χ2n) is 13.5. The average molecular weight is 794 g/mol. The molecule has 55 heavy (non-hydrogen) atoms.